The Balaban J connectivity index is 2.82. The van der Waals surface area contributed by atoms with Crippen LogP contribution in [0.4, 0.5) is 0 Å². The van der Waals surface area contributed by atoms with E-state index in [4.69, 9.17) is 12.2 Å². The fraction of sp³-hybridized carbons (Fsp3) is 0.286. The molecule has 64 valence electrons. The number of carbonyl (C=O) groups excluding carboxylic acids is 1. The van der Waals surface area contributed by atoms with Crippen LogP contribution in [0.3, 0.4) is 0 Å². The van der Waals surface area contributed by atoms with Crippen LogP contribution in [0.5, 0.6) is 0 Å². The van der Waals surface area contributed by atoms with Crippen molar-refractivity contribution < 1.29 is 4.79 Å². The average Bonchev–Trinajstić information content (AvgIpc) is 2.06. The Morgan fingerprint density at radius 3 is 3.00 bits per heavy atom. The summed E-state index contributed by atoms with van der Waals surface area (Å²) in [4.78, 5) is 11.1. The third-order valence-corrected chi connectivity index (χ3v) is 1.48. The Bertz CT molecular complexity index is 313. The molecule has 0 aliphatic heterocycles. The molecule has 0 fully saturated rings. The highest BCUT2D eigenvalue weighted by atomic mass is 32.1. The Morgan fingerprint density at radius 2 is 2.50 bits per heavy atom. The van der Waals surface area contributed by atoms with Gasteiger partial charge >= 0.3 is 0 Å². The molecule has 5 heteroatoms. The fourth-order valence-corrected chi connectivity index (χ4v) is 0.836. The van der Waals surface area contributed by atoms with Gasteiger partial charge < -0.3 is 5.32 Å². The molecule has 2 N–H and O–H groups in total. The van der Waals surface area contributed by atoms with Gasteiger partial charge in [-0.05, 0) is 19.1 Å². The Hall–Kier alpha value is -1.23. The highest BCUT2D eigenvalue weighted by Crippen LogP contribution is 1.91. The van der Waals surface area contributed by atoms with E-state index in [-0.39, 0.29) is 5.91 Å². The van der Waals surface area contributed by atoms with Gasteiger partial charge in [-0.15, -0.1) is 0 Å². The van der Waals surface area contributed by atoms with E-state index < -0.39 is 0 Å². The second-order valence-corrected chi connectivity index (χ2v) is 2.61. The molecule has 0 spiro atoms. The molecule has 0 saturated carbocycles. The summed E-state index contributed by atoms with van der Waals surface area (Å²) in [5, 5.41) is 8.92. The summed E-state index contributed by atoms with van der Waals surface area (Å²) in [5.41, 5.74) is 0.352. The minimum absolute atomic E-state index is 0.191. The van der Waals surface area contributed by atoms with Gasteiger partial charge in [-0.1, -0.05) is 12.2 Å². The van der Waals surface area contributed by atoms with E-state index in [0.717, 1.165) is 0 Å². The molecule has 1 rings (SSSR count). The second-order valence-electron chi connectivity index (χ2n) is 2.17. The minimum atomic E-state index is -0.191. The molecule has 0 aliphatic carbocycles. The monoisotopic (exact) mass is 183 g/mol. The zero-order valence-electron chi connectivity index (χ0n) is 6.63. The summed E-state index contributed by atoms with van der Waals surface area (Å²) in [7, 11) is 0. The van der Waals surface area contributed by atoms with Gasteiger partial charge in [0, 0.05) is 6.54 Å². The van der Waals surface area contributed by atoms with Crippen LogP contribution >= 0.6 is 12.2 Å². The lowest BCUT2D eigenvalue weighted by molar-refractivity contribution is 0.0950. The summed E-state index contributed by atoms with van der Waals surface area (Å²) in [5.74, 6) is -0.191. The van der Waals surface area contributed by atoms with Crippen molar-refractivity contribution in [3.63, 3.8) is 0 Å². The summed E-state index contributed by atoms with van der Waals surface area (Å²) in [6, 6.07) is 3.22. The maximum atomic E-state index is 11.1. The van der Waals surface area contributed by atoms with Crippen LogP contribution < -0.4 is 5.32 Å². The van der Waals surface area contributed by atoms with Gasteiger partial charge in [-0.3, -0.25) is 9.89 Å². The topological polar surface area (TPSA) is 57.8 Å². The first-order chi connectivity index (χ1) is 5.74. The fourth-order valence-electron chi connectivity index (χ4n) is 0.722. The lowest BCUT2D eigenvalue weighted by Crippen LogP contribution is -2.23. The van der Waals surface area contributed by atoms with Crippen molar-refractivity contribution in [1.82, 2.24) is 15.5 Å². The summed E-state index contributed by atoms with van der Waals surface area (Å²) in [6.45, 7) is 2.44. The van der Waals surface area contributed by atoms with Crippen LogP contribution in [0.25, 0.3) is 0 Å². The molecule has 0 unspecified atom stereocenters. The Kier molecular flexibility index (Phi) is 2.93. The van der Waals surface area contributed by atoms with E-state index in [0.29, 0.717) is 16.9 Å². The van der Waals surface area contributed by atoms with E-state index in [2.05, 4.69) is 15.5 Å². The summed E-state index contributed by atoms with van der Waals surface area (Å²) in [6.07, 6.45) is 0. The van der Waals surface area contributed by atoms with E-state index in [9.17, 15) is 4.79 Å². The highest BCUT2D eigenvalue weighted by molar-refractivity contribution is 7.71. The van der Waals surface area contributed by atoms with Crippen molar-refractivity contribution in [2.45, 2.75) is 6.92 Å². The molecule has 1 aromatic rings. The van der Waals surface area contributed by atoms with E-state index in [1.165, 1.54) is 0 Å². The maximum absolute atomic E-state index is 11.1. The summed E-state index contributed by atoms with van der Waals surface area (Å²) < 4.78 is 0.517. The number of hydrogen-bond acceptors (Lipinski definition) is 3. The minimum Gasteiger partial charge on any atom is -0.351 e. The van der Waals surface area contributed by atoms with Crippen molar-refractivity contribution in [2.24, 2.45) is 0 Å². The SMILES string of the molecule is CCNC(=O)c1ccc(=S)[nH]n1. The highest BCUT2D eigenvalue weighted by Gasteiger charge is 2.03. The Morgan fingerprint density at radius 1 is 1.75 bits per heavy atom. The molecule has 4 nitrogen and oxygen atoms in total. The largest absolute Gasteiger partial charge is 0.351 e. The molecule has 1 aromatic heterocycles. The number of aromatic nitrogens is 2. The third kappa shape index (κ3) is 2.13. The quantitative estimate of drug-likeness (QED) is 0.669. The Labute approximate surface area is 75.0 Å². The van der Waals surface area contributed by atoms with E-state index >= 15 is 0 Å². The maximum Gasteiger partial charge on any atom is 0.271 e. The van der Waals surface area contributed by atoms with Crippen LogP contribution in [-0.2, 0) is 0 Å². The van der Waals surface area contributed by atoms with Crippen LogP contribution in [0.15, 0.2) is 12.1 Å². The van der Waals surface area contributed by atoms with Gasteiger partial charge in [0.05, 0.1) is 0 Å². The predicted octanol–water partition coefficient (Wildman–Crippen LogP) is 0.889. The number of aromatic amines is 1. The normalized spacial score (nSPS) is 9.42. The number of nitrogens with one attached hydrogen (secondary N) is 2. The van der Waals surface area contributed by atoms with Gasteiger partial charge in [0.1, 0.15) is 10.3 Å². The van der Waals surface area contributed by atoms with Gasteiger partial charge in [-0.25, -0.2) is 0 Å². The molecule has 0 saturated heterocycles. The van der Waals surface area contributed by atoms with Crippen molar-refractivity contribution in [3.8, 4) is 0 Å². The van der Waals surface area contributed by atoms with Crippen LogP contribution in [-0.4, -0.2) is 22.6 Å². The first-order valence-corrected chi connectivity index (χ1v) is 3.99. The number of hydrogen-bond donors (Lipinski definition) is 2. The van der Waals surface area contributed by atoms with Crippen molar-refractivity contribution in [2.75, 3.05) is 6.54 Å². The number of carbonyl (C=O) groups is 1. The zero-order valence-corrected chi connectivity index (χ0v) is 7.44. The van der Waals surface area contributed by atoms with Gasteiger partial charge in [0.25, 0.3) is 5.91 Å². The molecular formula is C7H9N3OS. The molecule has 12 heavy (non-hydrogen) atoms. The number of H-pyrrole nitrogens is 1. The number of amides is 1. The first-order valence-electron chi connectivity index (χ1n) is 3.58. The van der Waals surface area contributed by atoms with Gasteiger partial charge in [0.15, 0.2) is 0 Å². The molecule has 0 aliphatic rings. The smallest absolute Gasteiger partial charge is 0.271 e. The van der Waals surface area contributed by atoms with E-state index in [1.807, 2.05) is 6.92 Å². The summed E-state index contributed by atoms with van der Waals surface area (Å²) >= 11 is 4.77. The first kappa shape index (κ1) is 8.86. The second kappa shape index (κ2) is 3.96. The van der Waals surface area contributed by atoms with Crippen molar-refractivity contribution in [1.29, 1.82) is 0 Å². The molecule has 1 heterocycles. The molecule has 0 radical (unpaired) electrons. The molecule has 0 atom stereocenters. The van der Waals surface area contributed by atoms with Crippen LogP contribution in [0.1, 0.15) is 17.4 Å². The van der Waals surface area contributed by atoms with Crippen LogP contribution in [0, 0.1) is 4.64 Å². The zero-order chi connectivity index (χ0) is 8.97. The molecule has 0 bridgehead atoms. The molecular weight excluding hydrogens is 174 g/mol. The number of rotatable bonds is 2. The van der Waals surface area contributed by atoms with Crippen molar-refractivity contribution in [3.05, 3.63) is 22.5 Å². The molecule has 0 aromatic carbocycles. The van der Waals surface area contributed by atoms with Gasteiger partial charge in [0.2, 0.25) is 0 Å². The standard InChI is InChI=1S/C7H9N3OS/c1-2-8-7(11)5-3-4-6(12)10-9-5/h3-4H,2H2,1H3,(H,8,11)(H,10,12). The van der Waals surface area contributed by atoms with E-state index in [1.54, 1.807) is 12.1 Å². The third-order valence-electron chi connectivity index (χ3n) is 1.25. The molecule has 1 amide bonds. The predicted molar refractivity (Wildman–Crippen MR) is 47.4 cm³/mol. The average molecular weight is 183 g/mol. The lowest BCUT2D eigenvalue weighted by Gasteiger charge is -1.98. The van der Waals surface area contributed by atoms with Crippen LogP contribution in [0.2, 0.25) is 0 Å². The van der Waals surface area contributed by atoms with Gasteiger partial charge in [-0.2, -0.15) is 5.10 Å². The lowest BCUT2D eigenvalue weighted by atomic mass is 10.4. The van der Waals surface area contributed by atoms with Crippen molar-refractivity contribution >= 4 is 18.1 Å². The number of nitrogens with zero attached hydrogens (tertiary/aromatic N) is 1.